The number of aryl methyl sites for hydroxylation is 1. The quantitative estimate of drug-likeness (QED) is 0.544. The Morgan fingerprint density at radius 1 is 1.11 bits per heavy atom. The Labute approximate surface area is 165 Å². The largest absolute Gasteiger partial charge is 0.326 e. The van der Waals surface area contributed by atoms with Crippen molar-refractivity contribution in [2.75, 3.05) is 5.32 Å². The van der Waals surface area contributed by atoms with Crippen molar-refractivity contribution in [3.63, 3.8) is 0 Å². The molecule has 0 atom stereocenters. The van der Waals surface area contributed by atoms with Gasteiger partial charge >= 0.3 is 0 Å². The minimum Gasteiger partial charge on any atom is -0.326 e. The molecule has 6 nitrogen and oxygen atoms in total. The SMILES string of the molecule is Cc1[nH]n(-c2nc(-c3ccccc3)cs2)c(=O)c1CC(=O)Nc1ccccc1. The van der Waals surface area contributed by atoms with E-state index in [1.165, 1.54) is 16.0 Å². The van der Waals surface area contributed by atoms with Crippen LogP contribution in [0.2, 0.25) is 0 Å². The molecule has 0 aliphatic heterocycles. The number of anilines is 1. The Hall–Kier alpha value is -3.45. The highest BCUT2D eigenvalue weighted by Crippen LogP contribution is 2.23. The van der Waals surface area contributed by atoms with Crippen molar-refractivity contribution >= 4 is 22.9 Å². The van der Waals surface area contributed by atoms with Gasteiger partial charge in [-0.2, -0.15) is 4.68 Å². The summed E-state index contributed by atoms with van der Waals surface area (Å²) in [5, 5.41) is 8.30. The highest BCUT2D eigenvalue weighted by atomic mass is 32.1. The van der Waals surface area contributed by atoms with E-state index in [0.29, 0.717) is 22.1 Å². The molecular formula is C21H18N4O2S. The van der Waals surface area contributed by atoms with Crippen LogP contribution in [-0.2, 0) is 11.2 Å². The normalized spacial score (nSPS) is 10.8. The van der Waals surface area contributed by atoms with E-state index in [1.54, 1.807) is 19.1 Å². The standard InChI is InChI=1S/C21H18N4O2S/c1-14-17(12-19(26)22-16-10-6-3-7-11-16)20(27)25(24-14)21-23-18(13-28-21)15-8-4-2-5-9-15/h2-11,13,24H,12H2,1H3,(H,22,26). The Bertz CT molecular complexity index is 1160. The van der Waals surface area contributed by atoms with Crippen molar-refractivity contribution in [2.24, 2.45) is 0 Å². The van der Waals surface area contributed by atoms with Crippen LogP contribution in [0.5, 0.6) is 0 Å². The van der Waals surface area contributed by atoms with Gasteiger partial charge < -0.3 is 5.32 Å². The first kappa shape index (κ1) is 17.9. The molecule has 0 saturated heterocycles. The number of nitrogens with zero attached hydrogens (tertiary/aromatic N) is 2. The van der Waals surface area contributed by atoms with Crippen LogP contribution in [0.3, 0.4) is 0 Å². The number of thiazole rings is 1. The number of aromatic nitrogens is 3. The van der Waals surface area contributed by atoms with Gasteiger partial charge in [0.05, 0.1) is 12.1 Å². The van der Waals surface area contributed by atoms with E-state index in [1.807, 2.05) is 53.9 Å². The summed E-state index contributed by atoms with van der Waals surface area (Å²) in [6, 6.07) is 19.0. The maximum absolute atomic E-state index is 12.8. The van der Waals surface area contributed by atoms with E-state index < -0.39 is 0 Å². The number of aromatic amines is 1. The van der Waals surface area contributed by atoms with Crippen LogP contribution < -0.4 is 10.9 Å². The summed E-state index contributed by atoms with van der Waals surface area (Å²) in [5.41, 5.74) is 3.34. The molecule has 0 fully saturated rings. The second kappa shape index (κ2) is 7.66. The minimum absolute atomic E-state index is 0.0000212. The molecule has 0 radical (unpaired) electrons. The van der Waals surface area contributed by atoms with Gasteiger partial charge in [-0.05, 0) is 19.1 Å². The number of hydrogen-bond acceptors (Lipinski definition) is 4. The van der Waals surface area contributed by atoms with Crippen LogP contribution in [0.25, 0.3) is 16.4 Å². The van der Waals surface area contributed by atoms with Gasteiger partial charge in [0.2, 0.25) is 11.0 Å². The molecule has 4 rings (SSSR count). The number of carbonyl (C=O) groups is 1. The number of carbonyl (C=O) groups excluding carboxylic acids is 1. The Morgan fingerprint density at radius 2 is 1.79 bits per heavy atom. The van der Waals surface area contributed by atoms with Crippen LogP contribution in [0.4, 0.5) is 5.69 Å². The van der Waals surface area contributed by atoms with Crippen LogP contribution in [0.15, 0.2) is 70.8 Å². The number of H-pyrrole nitrogens is 1. The van der Waals surface area contributed by atoms with Crippen molar-refractivity contribution in [2.45, 2.75) is 13.3 Å². The second-order valence-electron chi connectivity index (χ2n) is 6.33. The molecule has 140 valence electrons. The van der Waals surface area contributed by atoms with Crippen LogP contribution in [0, 0.1) is 6.92 Å². The lowest BCUT2D eigenvalue weighted by atomic mass is 10.2. The van der Waals surface area contributed by atoms with Gasteiger partial charge in [0.25, 0.3) is 5.56 Å². The molecule has 0 aliphatic carbocycles. The first-order valence-electron chi connectivity index (χ1n) is 8.78. The van der Waals surface area contributed by atoms with Crippen LogP contribution in [0.1, 0.15) is 11.3 Å². The number of rotatable bonds is 5. The fourth-order valence-electron chi connectivity index (χ4n) is 2.92. The van der Waals surface area contributed by atoms with Crippen molar-refractivity contribution < 1.29 is 4.79 Å². The monoisotopic (exact) mass is 390 g/mol. The summed E-state index contributed by atoms with van der Waals surface area (Å²) >= 11 is 1.38. The zero-order chi connectivity index (χ0) is 19.5. The van der Waals surface area contributed by atoms with E-state index in [-0.39, 0.29) is 17.9 Å². The van der Waals surface area contributed by atoms with Crippen molar-refractivity contribution in [3.8, 4) is 16.4 Å². The summed E-state index contributed by atoms with van der Waals surface area (Å²) in [4.78, 5) is 29.7. The van der Waals surface area contributed by atoms with E-state index in [4.69, 9.17) is 0 Å². The number of nitrogens with one attached hydrogen (secondary N) is 2. The van der Waals surface area contributed by atoms with Gasteiger partial charge in [-0.25, -0.2) is 4.98 Å². The fourth-order valence-corrected chi connectivity index (χ4v) is 3.71. The van der Waals surface area contributed by atoms with Gasteiger partial charge in [0, 0.05) is 27.9 Å². The van der Waals surface area contributed by atoms with Gasteiger partial charge in [0.1, 0.15) is 0 Å². The summed E-state index contributed by atoms with van der Waals surface area (Å²) in [5.74, 6) is -0.235. The molecule has 4 aromatic rings. The molecule has 2 heterocycles. The van der Waals surface area contributed by atoms with Gasteiger partial charge in [-0.15, -0.1) is 11.3 Å². The zero-order valence-corrected chi connectivity index (χ0v) is 16.0. The Kier molecular flexibility index (Phi) is 4.90. The molecule has 2 N–H and O–H groups in total. The topological polar surface area (TPSA) is 79.8 Å². The lowest BCUT2D eigenvalue weighted by molar-refractivity contribution is -0.115. The Morgan fingerprint density at radius 3 is 2.50 bits per heavy atom. The average Bonchev–Trinajstić information content (AvgIpc) is 3.30. The van der Waals surface area contributed by atoms with Crippen LogP contribution >= 0.6 is 11.3 Å². The smallest absolute Gasteiger partial charge is 0.277 e. The molecule has 0 spiro atoms. The number of hydrogen-bond donors (Lipinski definition) is 2. The van der Waals surface area contributed by atoms with E-state index in [9.17, 15) is 9.59 Å². The predicted octanol–water partition coefficient (Wildman–Crippen LogP) is 3.78. The number of amides is 1. The number of para-hydroxylation sites is 1. The van der Waals surface area contributed by atoms with E-state index in [2.05, 4.69) is 15.4 Å². The lowest BCUT2D eigenvalue weighted by Crippen LogP contribution is -2.22. The zero-order valence-electron chi connectivity index (χ0n) is 15.2. The molecular weight excluding hydrogens is 372 g/mol. The van der Waals surface area contributed by atoms with E-state index in [0.717, 1.165) is 11.3 Å². The molecule has 0 saturated carbocycles. The van der Waals surface area contributed by atoms with Gasteiger partial charge in [-0.3, -0.25) is 14.7 Å². The van der Waals surface area contributed by atoms with Gasteiger partial charge in [-0.1, -0.05) is 48.5 Å². The van der Waals surface area contributed by atoms with Crippen molar-refractivity contribution in [1.29, 1.82) is 0 Å². The molecule has 0 bridgehead atoms. The molecule has 0 unspecified atom stereocenters. The lowest BCUT2D eigenvalue weighted by Gasteiger charge is -2.03. The third-order valence-corrected chi connectivity index (χ3v) is 5.17. The third kappa shape index (κ3) is 3.65. The maximum atomic E-state index is 12.8. The highest BCUT2D eigenvalue weighted by molar-refractivity contribution is 7.12. The predicted molar refractivity (Wildman–Crippen MR) is 111 cm³/mol. The minimum atomic E-state index is -0.255. The summed E-state index contributed by atoms with van der Waals surface area (Å²) in [6.45, 7) is 1.79. The average molecular weight is 390 g/mol. The summed E-state index contributed by atoms with van der Waals surface area (Å²) in [7, 11) is 0. The molecule has 2 aromatic carbocycles. The molecule has 0 aliphatic rings. The number of benzene rings is 2. The first-order valence-corrected chi connectivity index (χ1v) is 9.66. The molecule has 28 heavy (non-hydrogen) atoms. The van der Waals surface area contributed by atoms with Gasteiger partial charge in [0.15, 0.2) is 0 Å². The third-order valence-electron chi connectivity index (χ3n) is 4.34. The van der Waals surface area contributed by atoms with E-state index >= 15 is 0 Å². The Balaban J connectivity index is 1.57. The molecule has 7 heteroatoms. The summed E-state index contributed by atoms with van der Waals surface area (Å²) in [6.07, 6.45) is -0.0000212. The van der Waals surface area contributed by atoms with Crippen molar-refractivity contribution in [3.05, 3.63) is 87.7 Å². The maximum Gasteiger partial charge on any atom is 0.277 e. The first-order chi connectivity index (χ1) is 13.6. The fraction of sp³-hybridized carbons (Fsp3) is 0.0952. The second-order valence-corrected chi connectivity index (χ2v) is 7.16. The highest BCUT2D eigenvalue weighted by Gasteiger charge is 2.18. The molecule has 2 aromatic heterocycles. The van der Waals surface area contributed by atoms with Crippen molar-refractivity contribution in [1.82, 2.24) is 14.8 Å². The van der Waals surface area contributed by atoms with Crippen LogP contribution in [-0.4, -0.2) is 20.7 Å². The molecule has 1 amide bonds. The summed E-state index contributed by atoms with van der Waals surface area (Å²) < 4.78 is 1.40.